The largest absolute Gasteiger partial charge is 0.315 e. The highest BCUT2D eigenvalue weighted by Gasteiger charge is 2.44. The lowest BCUT2D eigenvalue weighted by Gasteiger charge is -2.25. The molecule has 2 atom stereocenters. The maximum atomic E-state index is 12.5. The predicted octanol–water partition coefficient (Wildman–Crippen LogP) is 2.93. The highest BCUT2D eigenvalue weighted by molar-refractivity contribution is 8.15. The first-order valence-electron chi connectivity index (χ1n) is 9.75. The molecule has 0 radical (unpaired) electrons. The Morgan fingerprint density at radius 1 is 1.23 bits per heavy atom. The molecule has 10 heteroatoms. The first-order chi connectivity index (χ1) is 14.8. The number of anilines is 1. The fourth-order valence-electron chi connectivity index (χ4n) is 3.84. The number of nitrogens with zero attached hydrogens (tertiary/aromatic N) is 4. The van der Waals surface area contributed by atoms with Gasteiger partial charge in [-0.05, 0) is 36.8 Å². The molecule has 1 saturated heterocycles. The fraction of sp³-hybridized carbons (Fsp3) is 0.286. The molecule has 5 rings (SSSR count). The van der Waals surface area contributed by atoms with E-state index in [4.69, 9.17) is 16.6 Å². The summed E-state index contributed by atoms with van der Waals surface area (Å²) in [5.74, 6) is 0.208. The first-order valence-corrected chi connectivity index (χ1v) is 12.8. The van der Waals surface area contributed by atoms with Crippen LogP contribution in [0.1, 0.15) is 11.3 Å². The SMILES string of the molecule is Cc1ccc(N(Cc2cc(=O)n3ccccc3n2)C2=N[C@H]3CS(=O)(=O)C[C@H]3S2)cc1Cl. The molecule has 0 N–H and O–H groups in total. The number of hydrogen-bond acceptors (Lipinski definition) is 7. The minimum atomic E-state index is -3.04. The van der Waals surface area contributed by atoms with Gasteiger partial charge in [-0.15, -0.1) is 0 Å². The van der Waals surface area contributed by atoms with Gasteiger partial charge in [0.2, 0.25) is 0 Å². The molecule has 1 fully saturated rings. The van der Waals surface area contributed by atoms with Crippen LogP contribution >= 0.6 is 23.4 Å². The summed E-state index contributed by atoms with van der Waals surface area (Å²) in [6.07, 6.45) is 1.69. The van der Waals surface area contributed by atoms with Crippen LogP contribution in [0.5, 0.6) is 0 Å². The Kier molecular flexibility index (Phi) is 5.07. The number of aryl methyl sites for hydroxylation is 1. The van der Waals surface area contributed by atoms with Crippen molar-refractivity contribution >= 4 is 49.7 Å². The van der Waals surface area contributed by atoms with Crippen LogP contribution in [0.4, 0.5) is 5.69 Å². The molecule has 7 nitrogen and oxygen atoms in total. The Morgan fingerprint density at radius 3 is 2.84 bits per heavy atom. The monoisotopic (exact) mass is 474 g/mol. The van der Waals surface area contributed by atoms with Crippen LogP contribution in [-0.4, -0.2) is 45.8 Å². The van der Waals surface area contributed by atoms with E-state index in [-0.39, 0.29) is 28.4 Å². The molecule has 2 aliphatic heterocycles. The van der Waals surface area contributed by atoms with Gasteiger partial charge in [0.1, 0.15) is 5.65 Å². The topological polar surface area (TPSA) is 84.1 Å². The van der Waals surface area contributed by atoms with Gasteiger partial charge < -0.3 is 4.90 Å². The lowest BCUT2D eigenvalue weighted by Crippen LogP contribution is -2.29. The van der Waals surface area contributed by atoms with E-state index in [1.54, 1.807) is 18.3 Å². The number of amidine groups is 1. The van der Waals surface area contributed by atoms with Crippen molar-refractivity contribution in [3.63, 3.8) is 0 Å². The van der Waals surface area contributed by atoms with Gasteiger partial charge in [-0.3, -0.25) is 14.2 Å². The average molecular weight is 475 g/mol. The van der Waals surface area contributed by atoms with Crippen molar-refractivity contribution in [2.45, 2.75) is 24.8 Å². The molecule has 0 bridgehead atoms. The zero-order chi connectivity index (χ0) is 21.8. The van der Waals surface area contributed by atoms with E-state index in [1.807, 2.05) is 36.1 Å². The lowest BCUT2D eigenvalue weighted by molar-refractivity contribution is 0.601. The van der Waals surface area contributed by atoms with Gasteiger partial charge in [-0.25, -0.2) is 13.4 Å². The van der Waals surface area contributed by atoms with E-state index >= 15 is 0 Å². The third-order valence-electron chi connectivity index (χ3n) is 5.45. The highest BCUT2D eigenvalue weighted by Crippen LogP contribution is 2.38. The number of halogens is 1. The minimum Gasteiger partial charge on any atom is -0.315 e. The van der Waals surface area contributed by atoms with E-state index < -0.39 is 9.84 Å². The summed E-state index contributed by atoms with van der Waals surface area (Å²) in [6, 6.07) is 12.4. The van der Waals surface area contributed by atoms with E-state index in [9.17, 15) is 13.2 Å². The van der Waals surface area contributed by atoms with Crippen molar-refractivity contribution in [2.24, 2.45) is 4.99 Å². The second-order valence-corrected chi connectivity index (χ2v) is 11.5. The number of sulfone groups is 1. The molecule has 160 valence electrons. The predicted molar refractivity (Wildman–Crippen MR) is 125 cm³/mol. The zero-order valence-electron chi connectivity index (χ0n) is 16.6. The minimum absolute atomic E-state index is 0.0756. The number of aliphatic imine (C=N–C) groups is 1. The van der Waals surface area contributed by atoms with Crippen LogP contribution < -0.4 is 10.5 Å². The van der Waals surface area contributed by atoms with Crippen LogP contribution in [0.25, 0.3) is 5.65 Å². The molecule has 0 spiro atoms. The molecule has 3 aromatic rings. The number of pyridine rings is 1. The van der Waals surface area contributed by atoms with Crippen LogP contribution in [0.2, 0.25) is 5.02 Å². The molecular formula is C21H19ClN4O3S2. The van der Waals surface area contributed by atoms with Crippen molar-refractivity contribution in [1.82, 2.24) is 9.38 Å². The van der Waals surface area contributed by atoms with Gasteiger partial charge in [0, 0.05) is 28.2 Å². The summed E-state index contributed by atoms with van der Waals surface area (Å²) in [5, 5.41) is 1.26. The number of fused-ring (bicyclic) bond motifs is 2. The Balaban J connectivity index is 1.55. The van der Waals surface area contributed by atoms with Crippen LogP contribution in [0, 0.1) is 6.92 Å². The normalized spacial score (nSPS) is 21.8. The van der Waals surface area contributed by atoms with Gasteiger partial charge in [0.05, 0.1) is 29.8 Å². The van der Waals surface area contributed by atoms with Crippen LogP contribution in [0.3, 0.4) is 0 Å². The average Bonchev–Trinajstić information content (AvgIpc) is 3.22. The number of thioether (sulfide) groups is 1. The summed E-state index contributed by atoms with van der Waals surface area (Å²) in [4.78, 5) is 23.9. The number of benzene rings is 1. The number of aromatic nitrogens is 2. The molecule has 0 amide bonds. The second kappa shape index (κ2) is 7.65. The van der Waals surface area contributed by atoms with Crippen LogP contribution in [-0.2, 0) is 16.4 Å². The van der Waals surface area contributed by atoms with E-state index in [1.165, 1.54) is 22.2 Å². The first kappa shape index (κ1) is 20.5. The van der Waals surface area contributed by atoms with Gasteiger partial charge in [-0.2, -0.15) is 0 Å². The van der Waals surface area contributed by atoms with E-state index in [2.05, 4.69) is 4.98 Å². The summed E-state index contributed by atoms with van der Waals surface area (Å²) < 4.78 is 25.4. The third-order valence-corrected chi connectivity index (χ3v) is 9.10. The fourth-order valence-corrected chi connectivity index (χ4v) is 7.79. The molecule has 4 heterocycles. The third kappa shape index (κ3) is 3.97. The van der Waals surface area contributed by atoms with Crippen molar-refractivity contribution in [3.05, 3.63) is 75.3 Å². The Bertz CT molecular complexity index is 1390. The lowest BCUT2D eigenvalue weighted by atomic mass is 10.2. The molecule has 0 aliphatic carbocycles. The standard InChI is InChI=1S/C21H19ClN4O3S2/c1-13-5-6-15(9-16(13)22)26(21-24-17-11-31(28,29)12-18(17)30-21)10-14-8-20(27)25-7-3-2-4-19(25)23-14/h2-9,17-18H,10-12H2,1H3/t17-,18+/m0/s1. The molecular weight excluding hydrogens is 456 g/mol. The summed E-state index contributed by atoms with van der Waals surface area (Å²) in [5.41, 5.74) is 2.78. The van der Waals surface area contributed by atoms with Gasteiger partial charge in [0.25, 0.3) is 5.56 Å². The maximum Gasteiger partial charge on any atom is 0.258 e. The summed E-state index contributed by atoms with van der Waals surface area (Å²) in [6.45, 7) is 2.25. The molecule has 0 saturated carbocycles. The van der Waals surface area contributed by atoms with Crippen molar-refractivity contribution < 1.29 is 8.42 Å². The van der Waals surface area contributed by atoms with Crippen LogP contribution in [0.15, 0.2) is 58.4 Å². The smallest absolute Gasteiger partial charge is 0.258 e. The van der Waals surface area contributed by atoms with E-state index in [0.717, 1.165) is 16.4 Å². The molecule has 0 unspecified atom stereocenters. The summed E-state index contributed by atoms with van der Waals surface area (Å²) in [7, 11) is -3.04. The summed E-state index contributed by atoms with van der Waals surface area (Å²) >= 11 is 7.85. The van der Waals surface area contributed by atoms with Gasteiger partial charge in [0.15, 0.2) is 15.0 Å². The maximum absolute atomic E-state index is 12.5. The number of hydrogen-bond donors (Lipinski definition) is 0. The highest BCUT2D eigenvalue weighted by atomic mass is 35.5. The van der Waals surface area contributed by atoms with Crippen molar-refractivity contribution in [3.8, 4) is 0 Å². The van der Waals surface area contributed by atoms with Gasteiger partial charge in [-0.1, -0.05) is 35.5 Å². The van der Waals surface area contributed by atoms with E-state index in [0.29, 0.717) is 22.9 Å². The number of rotatable bonds is 3. The van der Waals surface area contributed by atoms with Crippen molar-refractivity contribution in [2.75, 3.05) is 16.4 Å². The second-order valence-electron chi connectivity index (χ2n) is 7.75. The molecule has 2 aromatic heterocycles. The molecule has 31 heavy (non-hydrogen) atoms. The Labute approximate surface area is 188 Å². The molecule has 1 aromatic carbocycles. The van der Waals surface area contributed by atoms with Crippen molar-refractivity contribution in [1.29, 1.82) is 0 Å². The zero-order valence-corrected chi connectivity index (χ0v) is 19.0. The molecule has 2 aliphatic rings. The Morgan fingerprint density at radius 2 is 2.06 bits per heavy atom. The quantitative estimate of drug-likeness (QED) is 0.580. The Hall–Kier alpha value is -2.36. The van der Waals surface area contributed by atoms with Gasteiger partial charge >= 0.3 is 0 Å².